The van der Waals surface area contributed by atoms with Crippen LogP contribution in [0.4, 0.5) is 0 Å². The zero-order chi connectivity index (χ0) is 42.9. The van der Waals surface area contributed by atoms with Crippen molar-refractivity contribution in [3.63, 3.8) is 0 Å². The van der Waals surface area contributed by atoms with Gasteiger partial charge in [-0.3, -0.25) is 9.35 Å². The maximum Gasteiger partial charge on any atom is 0.397 e. The highest BCUT2D eigenvalue weighted by Gasteiger charge is 2.48. The molecule has 1 aliphatic heterocycles. The van der Waals surface area contributed by atoms with E-state index in [1.165, 1.54) is 102 Å². The maximum atomic E-state index is 13.0. The second kappa shape index (κ2) is 35.2. The van der Waals surface area contributed by atoms with Gasteiger partial charge >= 0.3 is 10.4 Å². The Balaban J connectivity index is 2.55. The van der Waals surface area contributed by atoms with Crippen LogP contribution in [0.2, 0.25) is 0 Å². The van der Waals surface area contributed by atoms with Crippen molar-refractivity contribution in [2.24, 2.45) is 0 Å². The summed E-state index contributed by atoms with van der Waals surface area (Å²) >= 11 is 0. The number of rotatable bonds is 38. The highest BCUT2D eigenvalue weighted by molar-refractivity contribution is 7.80. The molecule has 0 aromatic carbocycles. The molecule has 342 valence electrons. The number of aliphatic hydroxyl groups is 5. The van der Waals surface area contributed by atoms with E-state index in [0.717, 1.165) is 57.8 Å². The number of nitrogens with one attached hydrogen (secondary N) is 1. The van der Waals surface area contributed by atoms with Crippen molar-refractivity contribution in [2.75, 3.05) is 13.2 Å². The van der Waals surface area contributed by atoms with Gasteiger partial charge in [0.25, 0.3) is 0 Å². The van der Waals surface area contributed by atoms with E-state index < -0.39 is 78.5 Å². The third kappa shape index (κ3) is 27.4. The van der Waals surface area contributed by atoms with Crippen molar-refractivity contribution in [3.8, 4) is 0 Å². The number of unbranched alkanes of at least 4 members (excludes halogenated alkanes) is 23. The third-order valence-electron chi connectivity index (χ3n) is 10.8. The van der Waals surface area contributed by atoms with Gasteiger partial charge in [0.05, 0.1) is 25.4 Å². The van der Waals surface area contributed by atoms with Crippen molar-refractivity contribution < 1.29 is 57.0 Å². The first-order chi connectivity index (χ1) is 27.9. The number of hydrogen-bond donors (Lipinski definition) is 7. The molecule has 0 spiro atoms. The van der Waals surface area contributed by atoms with E-state index in [9.17, 15) is 38.7 Å². The zero-order valence-electron chi connectivity index (χ0n) is 36.0. The molecule has 1 amide bonds. The van der Waals surface area contributed by atoms with E-state index in [1.54, 1.807) is 0 Å². The molecule has 0 aromatic heterocycles. The average molecular weight is 850 g/mol. The maximum absolute atomic E-state index is 13.0. The standard InChI is InChI=1S/C44H83NO12S/c1-3-5-7-9-11-13-14-15-16-17-18-19-20-21-22-23-25-26-28-30-32-37(47)36(45-43(51)38(48)33-31-29-27-24-12-10-8-6-4-2)35-55-44-41(50)42(57-58(52,53)54)40(49)39(34-46)56-44/h10,12,30,32,36-42,44,46-50H,3-9,11,13-29,31,33-35H2,1-2H3,(H,45,51)(H,52,53,54)/b12-10-,32-30+. The molecule has 1 heterocycles. The topological polar surface area (TPSA) is 212 Å². The lowest BCUT2D eigenvalue weighted by Gasteiger charge is -2.41. The molecule has 1 aliphatic rings. The smallest absolute Gasteiger partial charge is 0.394 e. The van der Waals surface area contributed by atoms with E-state index in [2.05, 4.69) is 35.5 Å². The van der Waals surface area contributed by atoms with Crippen LogP contribution >= 0.6 is 0 Å². The van der Waals surface area contributed by atoms with Crippen LogP contribution in [0.5, 0.6) is 0 Å². The van der Waals surface area contributed by atoms with Crippen molar-refractivity contribution >= 4 is 16.3 Å². The molecule has 58 heavy (non-hydrogen) atoms. The Labute approximate surface area is 351 Å². The lowest BCUT2D eigenvalue weighted by Crippen LogP contribution is -2.61. The van der Waals surface area contributed by atoms with Crippen LogP contribution in [0.3, 0.4) is 0 Å². The lowest BCUT2D eigenvalue weighted by atomic mass is 9.99. The molecule has 0 aliphatic carbocycles. The highest BCUT2D eigenvalue weighted by Crippen LogP contribution is 2.26. The number of amides is 1. The first kappa shape index (κ1) is 54.6. The Bertz CT molecular complexity index is 1160. The highest BCUT2D eigenvalue weighted by atomic mass is 32.3. The molecular formula is C44H83NO12S. The van der Waals surface area contributed by atoms with E-state index in [4.69, 9.17) is 14.0 Å². The van der Waals surface area contributed by atoms with Gasteiger partial charge in [0.1, 0.15) is 30.5 Å². The van der Waals surface area contributed by atoms with Crippen LogP contribution < -0.4 is 5.32 Å². The largest absolute Gasteiger partial charge is 0.397 e. The Morgan fingerprint density at radius 1 is 0.690 bits per heavy atom. The molecule has 13 nitrogen and oxygen atoms in total. The second-order valence-corrected chi connectivity index (χ2v) is 17.2. The number of carbonyl (C=O) groups excluding carboxylic acids is 1. The summed E-state index contributed by atoms with van der Waals surface area (Å²) in [7, 11) is -5.12. The predicted octanol–water partition coefficient (Wildman–Crippen LogP) is 7.52. The summed E-state index contributed by atoms with van der Waals surface area (Å²) in [6.45, 7) is 3.14. The van der Waals surface area contributed by atoms with Crippen LogP contribution in [0, 0.1) is 0 Å². The summed E-state index contributed by atoms with van der Waals surface area (Å²) < 4.78 is 47.4. The Morgan fingerprint density at radius 2 is 1.16 bits per heavy atom. The monoisotopic (exact) mass is 850 g/mol. The fourth-order valence-corrected chi connectivity index (χ4v) is 7.66. The van der Waals surface area contributed by atoms with Gasteiger partial charge in [0.15, 0.2) is 6.29 Å². The van der Waals surface area contributed by atoms with E-state index in [1.807, 2.05) is 6.08 Å². The third-order valence-corrected chi connectivity index (χ3v) is 11.3. The number of ether oxygens (including phenoxy) is 2. The van der Waals surface area contributed by atoms with Crippen molar-refractivity contribution in [2.45, 2.75) is 236 Å². The number of aliphatic hydroxyl groups excluding tert-OH is 5. The van der Waals surface area contributed by atoms with E-state index in [0.29, 0.717) is 12.8 Å². The second-order valence-electron chi connectivity index (χ2n) is 16.1. The SMILES string of the molecule is CCCC/C=C\CCCCCC(O)C(=O)NC(COC1OC(CO)C(O)C(OS(=O)(=O)O)C1O)C(O)/C=C/CCCCCCCCCCCCCCCCCCCC. The zero-order valence-corrected chi connectivity index (χ0v) is 36.8. The van der Waals surface area contributed by atoms with Gasteiger partial charge in [0.2, 0.25) is 5.91 Å². The van der Waals surface area contributed by atoms with Gasteiger partial charge in [-0.2, -0.15) is 8.42 Å². The van der Waals surface area contributed by atoms with Crippen LogP contribution in [-0.2, 0) is 28.9 Å². The van der Waals surface area contributed by atoms with Crippen LogP contribution in [0.25, 0.3) is 0 Å². The molecule has 7 N–H and O–H groups in total. The van der Waals surface area contributed by atoms with Crippen LogP contribution in [0.1, 0.15) is 187 Å². The summed E-state index contributed by atoms with van der Waals surface area (Å²) in [4.78, 5) is 13.0. The Morgan fingerprint density at radius 3 is 1.66 bits per heavy atom. The summed E-state index contributed by atoms with van der Waals surface area (Å²) in [6, 6.07) is -1.12. The van der Waals surface area contributed by atoms with E-state index in [-0.39, 0.29) is 6.42 Å². The summed E-state index contributed by atoms with van der Waals surface area (Å²) in [6.07, 6.45) is 27.1. The van der Waals surface area contributed by atoms with Gasteiger partial charge < -0.3 is 40.3 Å². The molecule has 1 rings (SSSR count). The molecule has 0 saturated carbocycles. The van der Waals surface area contributed by atoms with Crippen molar-refractivity contribution in [1.82, 2.24) is 5.32 Å². The summed E-state index contributed by atoms with van der Waals surface area (Å²) in [5.41, 5.74) is 0. The molecule has 8 atom stereocenters. The number of hydrogen-bond acceptors (Lipinski definition) is 11. The minimum atomic E-state index is -5.12. The Kier molecular flexibility index (Phi) is 33.1. The lowest BCUT2D eigenvalue weighted by molar-refractivity contribution is -0.298. The minimum Gasteiger partial charge on any atom is -0.394 e. The molecule has 8 unspecified atom stereocenters. The molecule has 14 heteroatoms. The van der Waals surface area contributed by atoms with Crippen molar-refractivity contribution in [3.05, 3.63) is 24.3 Å². The van der Waals surface area contributed by atoms with Gasteiger partial charge in [-0.1, -0.05) is 173 Å². The molecule has 1 fully saturated rings. The fourth-order valence-electron chi connectivity index (χ4n) is 7.15. The normalized spacial score (nSPS) is 21.8. The predicted molar refractivity (Wildman–Crippen MR) is 228 cm³/mol. The molecule has 0 aromatic rings. The number of carbonyl (C=O) groups is 1. The molecule has 1 saturated heterocycles. The molecular weight excluding hydrogens is 767 g/mol. The first-order valence-corrected chi connectivity index (χ1v) is 24.2. The fraction of sp³-hybridized carbons (Fsp3) is 0.886. The van der Waals surface area contributed by atoms with Crippen molar-refractivity contribution in [1.29, 1.82) is 0 Å². The van der Waals surface area contributed by atoms with Crippen LogP contribution in [-0.4, -0.2) is 107 Å². The summed E-state index contributed by atoms with van der Waals surface area (Å²) in [5.74, 6) is -0.717. The quantitative estimate of drug-likeness (QED) is 0.0183. The van der Waals surface area contributed by atoms with E-state index >= 15 is 0 Å². The number of allylic oxidation sites excluding steroid dienone is 3. The van der Waals surface area contributed by atoms with Gasteiger partial charge in [-0.15, -0.1) is 0 Å². The van der Waals surface area contributed by atoms with Gasteiger partial charge in [0, 0.05) is 0 Å². The summed E-state index contributed by atoms with van der Waals surface area (Å²) in [5, 5.41) is 55.0. The average Bonchev–Trinajstić information content (AvgIpc) is 3.19. The van der Waals surface area contributed by atoms with Gasteiger partial charge in [-0.05, 0) is 38.5 Å². The molecule has 0 bridgehead atoms. The van der Waals surface area contributed by atoms with Gasteiger partial charge in [-0.25, -0.2) is 4.18 Å². The minimum absolute atomic E-state index is 0.222. The first-order valence-electron chi connectivity index (χ1n) is 22.8. The van der Waals surface area contributed by atoms with Crippen LogP contribution in [0.15, 0.2) is 24.3 Å². The molecule has 0 radical (unpaired) electrons. The Hall–Kier alpha value is -1.46.